The third-order valence-corrected chi connectivity index (χ3v) is 5.96. The Hall–Kier alpha value is -1.72. The van der Waals surface area contributed by atoms with Crippen LogP contribution in [0.1, 0.15) is 53.9 Å². The Labute approximate surface area is 154 Å². The maximum atomic E-state index is 12.5. The maximum Gasteiger partial charge on any atom is 0.263 e. The minimum Gasteiger partial charge on any atom is -0.348 e. The van der Waals surface area contributed by atoms with Crippen molar-refractivity contribution in [1.29, 1.82) is 0 Å². The van der Waals surface area contributed by atoms with Gasteiger partial charge in [-0.2, -0.15) is 0 Å². The van der Waals surface area contributed by atoms with E-state index in [9.17, 15) is 4.79 Å². The Morgan fingerprint density at radius 2 is 1.92 bits per heavy atom. The summed E-state index contributed by atoms with van der Waals surface area (Å²) in [5, 5.41) is 4.20. The van der Waals surface area contributed by atoms with E-state index in [-0.39, 0.29) is 17.4 Å². The van der Waals surface area contributed by atoms with Gasteiger partial charge in [0.2, 0.25) is 0 Å². The van der Waals surface area contributed by atoms with E-state index in [0.29, 0.717) is 0 Å². The number of likely N-dealkylation sites (tertiary alicyclic amines) is 1. The van der Waals surface area contributed by atoms with Crippen molar-refractivity contribution in [3.8, 4) is 0 Å². The second-order valence-corrected chi connectivity index (χ2v) is 8.82. The van der Waals surface area contributed by atoms with Crippen LogP contribution in [0.25, 0.3) is 0 Å². The minimum atomic E-state index is -0.00796. The third-order valence-electron chi connectivity index (χ3n) is 4.54. The summed E-state index contributed by atoms with van der Waals surface area (Å²) in [6.45, 7) is 9.40. The molecule has 3 rings (SSSR count). The van der Waals surface area contributed by atoms with Crippen molar-refractivity contribution in [2.75, 3.05) is 13.1 Å². The molecule has 1 saturated heterocycles. The summed E-state index contributed by atoms with van der Waals surface area (Å²) in [6, 6.07) is 10.8. The van der Waals surface area contributed by atoms with Gasteiger partial charge in [0.05, 0.1) is 11.2 Å². The largest absolute Gasteiger partial charge is 0.348 e. The van der Waals surface area contributed by atoms with Crippen molar-refractivity contribution in [3.05, 3.63) is 52.0 Å². The van der Waals surface area contributed by atoms with E-state index in [0.717, 1.165) is 42.4 Å². The lowest BCUT2D eigenvalue weighted by atomic mass is 9.98. The Kier molecular flexibility index (Phi) is 5.54. The molecule has 1 fully saturated rings. The number of carbonyl (C=O) groups excluding carboxylic acids is 1. The van der Waals surface area contributed by atoms with E-state index >= 15 is 0 Å². The number of benzene rings is 1. The van der Waals surface area contributed by atoms with Crippen LogP contribution >= 0.6 is 11.3 Å². The van der Waals surface area contributed by atoms with Gasteiger partial charge in [0.25, 0.3) is 5.91 Å². The monoisotopic (exact) mass is 357 g/mol. The van der Waals surface area contributed by atoms with Gasteiger partial charge in [-0.1, -0.05) is 51.1 Å². The van der Waals surface area contributed by atoms with Crippen LogP contribution in [0.4, 0.5) is 0 Å². The van der Waals surface area contributed by atoms with Crippen molar-refractivity contribution >= 4 is 17.2 Å². The predicted molar refractivity (Wildman–Crippen MR) is 103 cm³/mol. The van der Waals surface area contributed by atoms with E-state index in [1.54, 1.807) is 6.20 Å². The lowest BCUT2D eigenvalue weighted by Crippen LogP contribution is -2.44. The lowest BCUT2D eigenvalue weighted by Gasteiger charge is -2.32. The van der Waals surface area contributed by atoms with Crippen LogP contribution in [0.5, 0.6) is 0 Å². The molecule has 2 heterocycles. The lowest BCUT2D eigenvalue weighted by molar-refractivity contribution is 0.0913. The van der Waals surface area contributed by atoms with Crippen LogP contribution in [0, 0.1) is 0 Å². The Bertz CT molecular complexity index is 697. The van der Waals surface area contributed by atoms with Gasteiger partial charge in [-0.15, -0.1) is 11.3 Å². The molecule has 1 aliphatic heterocycles. The van der Waals surface area contributed by atoms with Gasteiger partial charge in [0, 0.05) is 31.1 Å². The average Bonchev–Trinajstić information content (AvgIpc) is 3.08. The van der Waals surface area contributed by atoms with Gasteiger partial charge in [-0.3, -0.25) is 9.69 Å². The molecule has 0 saturated carbocycles. The van der Waals surface area contributed by atoms with Crippen molar-refractivity contribution in [2.45, 2.75) is 51.6 Å². The Morgan fingerprint density at radius 1 is 1.24 bits per heavy atom. The highest BCUT2D eigenvalue weighted by Crippen LogP contribution is 2.27. The molecule has 0 aliphatic carbocycles. The summed E-state index contributed by atoms with van der Waals surface area (Å²) >= 11 is 1.51. The predicted octanol–water partition coefficient (Wildman–Crippen LogP) is 3.84. The topological polar surface area (TPSA) is 45.2 Å². The molecule has 1 aromatic carbocycles. The van der Waals surface area contributed by atoms with Gasteiger partial charge >= 0.3 is 0 Å². The number of hydrogen-bond donors (Lipinski definition) is 1. The van der Waals surface area contributed by atoms with Crippen molar-refractivity contribution < 1.29 is 4.79 Å². The van der Waals surface area contributed by atoms with E-state index in [1.165, 1.54) is 16.9 Å². The highest BCUT2D eigenvalue weighted by atomic mass is 32.1. The first-order valence-corrected chi connectivity index (χ1v) is 9.77. The molecule has 0 radical (unpaired) electrons. The maximum absolute atomic E-state index is 12.5. The summed E-state index contributed by atoms with van der Waals surface area (Å²) < 4.78 is 0. The fraction of sp³-hybridized carbons (Fsp3) is 0.500. The second kappa shape index (κ2) is 7.67. The molecule has 0 spiro atoms. The molecule has 1 aromatic heterocycles. The Balaban J connectivity index is 1.48. The zero-order valence-corrected chi connectivity index (χ0v) is 16.1. The second-order valence-electron chi connectivity index (χ2n) is 7.79. The van der Waals surface area contributed by atoms with Crippen LogP contribution in [-0.2, 0) is 12.0 Å². The number of carbonyl (C=O) groups is 1. The highest BCUT2D eigenvalue weighted by molar-refractivity contribution is 7.13. The van der Waals surface area contributed by atoms with Crippen LogP contribution in [0.15, 0.2) is 36.5 Å². The number of nitrogens with zero attached hydrogens (tertiary/aromatic N) is 2. The van der Waals surface area contributed by atoms with Crippen LogP contribution < -0.4 is 5.32 Å². The van der Waals surface area contributed by atoms with Crippen molar-refractivity contribution in [1.82, 2.24) is 15.2 Å². The molecular formula is C20H27N3OS. The molecule has 2 aromatic rings. The smallest absolute Gasteiger partial charge is 0.263 e. The van der Waals surface area contributed by atoms with Crippen LogP contribution in [0.3, 0.4) is 0 Å². The molecule has 1 aliphatic rings. The molecule has 5 heteroatoms. The number of aromatic nitrogens is 1. The number of hydrogen-bond acceptors (Lipinski definition) is 4. The Morgan fingerprint density at radius 3 is 2.52 bits per heavy atom. The highest BCUT2D eigenvalue weighted by Gasteiger charge is 2.24. The van der Waals surface area contributed by atoms with Crippen molar-refractivity contribution in [3.63, 3.8) is 0 Å². The fourth-order valence-corrected chi connectivity index (χ4v) is 3.94. The average molecular weight is 358 g/mol. The standard InChI is InChI=1S/C20H27N3OS/c1-20(2,3)19-21-13-17(25-19)18(24)22-16-9-11-23(12-10-16)14-15-7-5-4-6-8-15/h4-8,13,16H,9-12,14H2,1-3H3,(H,22,24). The van der Waals surface area contributed by atoms with E-state index in [1.807, 2.05) is 0 Å². The molecule has 0 unspecified atom stereocenters. The SMILES string of the molecule is CC(C)(C)c1ncc(C(=O)NC2CCN(Cc3ccccc3)CC2)s1. The van der Waals surface area contributed by atoms with E-state index in [2.05, 4.69) is 66.3 Å². The molecule has 25 heavy (non-hydrogen) atoms. The number of rotatable bonds is 4. The molecular weight excluding hydrogens is 330 g/mol. The van der Waals surface area contributed by atoms with E-state index < -0.39 is 0 Å². The summed E-state index contributed by atoms with van der Waals surface area (Å²) in [6.07, 6.45) is 3.72. The molecule has 0 atom stereocenters. The van der Waals surface area contributed by atoms with Crippen molar-refractivity contribution in [2.24, 2.45) is 0 Å². The molecule has 4 nitrogen and oxygen atoms in total. The first-order chi connectivity index (χ1) is 11.9. The normalized spacial score (nSPS) is 16.8. The summed E-state index contributed by atoms with van der Waals surface area (Å²) in [5.41, 5.74) is 1.34. The first kappa shape index (κ1) is 18.1. The molecule has 134 valence electrons. The summed E-state index contributed by atoms with van der Waals surface area (Å²) in [5.74, 6) is 0.0227. The first-order valence-electron chi connectivity index (χ1n) is 8.95. The number of nitrogens with one attached hydrogen (secondary N) is 1. The van der Waals surface area contributed by atoms with Crippen LogP contribution in [-0.4, -0.2) is 34.9 Å². The van der Waals surface area contributed by atoms with Gasteiger partial charge in [-0.25, -0.2) is 4.98 Å². The quantitative estimate of drug-likeness (QED) is 0.904. The van der Waals surface area contributed by atoms with Gasteiger partial charge in [0.15, 0.2) is 0 Å². The molecule has 0 bridgehead atoms. The minimum absolute atomic E-state index is 0.00796. The van der Waals surface area contributed by atoms with Gasteiger partial charge in [-0.05, 0) is 18.4 Å². The van der Waals surface area contributed by atoms with Crippen LogP contribution in [0.2, 0.25) is 0 Å². The number of thiazole rings is 1. The zero-order valence-electron chi connectivity index (χ0n) is 15.3. The fourth-order valence-electron chi connectivity index (χ4n) is 3.06. The zero-order chi connectivity index (χ0) is 17.9. The third kappa shape index (κ3) is 4.89. The number of piperidine rings is 1. The number of amides is 1. The van der Waals surface area contributed by atoms with E-state index in [4.69, 9.17) is 0 Å². The van der Waals surface area contributed by atoms with Gasteiger partial charge in [0.1, 0.15) is 4.88 Å². The molecule has 1 N–H and O–H groups in total. The van der Waals surface area contributed by atoms with Gasteiger partial charge < -0.3 is 5.32 Å². The molecule has 1 amide bonds. The summed E-state index contributed by atoms with van der Waals surface area (Å²) in [7, 11) is 0. The summed E-state index contributed by atoms with van der Waals surface area (Å²) in [4.78, 5) is 20.1.